The minimum absolute atomic E-state index is 0. The Labute approximate surface area is 220 Å². The number of hydrogen-bond donors (Lipinski definition) is 0. The molecule has 1 aromatic heterocycles. The van der Waals surface area contributed by atoms with Gasteiger partial charge in [0.25, 0.3) is 0 Å². The van der Waals surface area contributed by atoms with Crippen LogP contribution in [0.1, 0.15) is 52.8 Å². The van der Waals surface area contributed by atoms with Crippen LogP contribution >= 0.6 is 11.6 Å². The van der Waals surface area contributed by atoms with Gasteiger partial charge in [-0.15, -0.1) is 12.3 Å². The van der Waals surface area contributed by atoms with Crippen molar-refractivity contribution in [3.63, 3.8) is 0 Å². The first-order valence-corrected chi connectivity index (χ1v) is 11.0. The Bertz CT molecular complexity index is 1220. The van der Waals surface area contributed by atoms with E-state index in [-0.39, 0.29) is 40.9 Å². The van der Waals surface area contributed by atoms with Crippen LogP contribution in [0.4, 0.5) is 8.78 Å². The van der Waals surface area contributed by atoms with E-state index in [1.807, 2.05) is 19.1 Å². The van der Waals surface area contributed by atoms with Gasteiger partial charge in [0.2, 0.25) is 0 Å². The van der Waals surface area contributed by atoms with Gasteiger partial charge in [-0.25, -0.2) is 8.78 Å². The molecule has 0 N–H and O–H groups in total. The van der Waals surface area contributed by atoms with Gasteiger partial charge in [0.05, 0.1) is 5.02 Å². The molecule has 3 aromatic rings. The van der Waals surface area contributed by atoms with E-state index < -0.39 is 11.6 Å². The van der Waals surface area contributed by atoms with Gasteiger partial charge in [0.1, 0.15) is 11.6 Å². The van der Waals surface area contributed by atoms with E-state index in [9.17, 15) is 13.9 Å². The molecule has 6 heteroatoms. The summed E-state index contributed by atoms with van der Waals surface area (Å²) >= 11 is 6.29. The number of halogens is 3. The van der Waals surface area contributed by atoms with Gasteiger partial charge >= 0.3 is 29.6 Å². The van der Waals surface area contributed by atoms with Gasteiger partial charge in [-0.3, -0.25) is 4.98 Å². The summed E-state index contributed by atoms with van der Waals surface area (Å²) in [6, 6.07) is 11.3. The van der Waals surface area contributed by atoms with Crippen LogP contribution < -0.4 is 34.7 Å². The van der Waals surface area contributed by atoms with Gasteiger partial charge in [0.15, 0.2) is 0 Å². The molecule has 0 saturated heterocycles. The molecule has 1 heterocycles. The molecule has 0 amide bonds. The first kappa shape index (κ1) is 25.6. The summed E-state index contributed by atoms with van der Waals surface area (Å²) in [5.41, 5.74) is 6.29. The predicted molar refractivity (Wildman–Crippen MR) is 124 cm³/mol. The standard InChI is InChI=1S/C27H24ClF2NO.Na/c1-16-5-3-8-26(30)22(16)9-10-27-25(14-20(28)15-31-27)24-7-4-6-23(24)19-11-18(17(2)32)12-21(29)13-19;/h3,5,8,11-15,32H,2,4,6-7,9-10H2,1H3;/q;+1/p-1. The van der Waals surface area contributed by atoms with Crippen LogP contribution in [0.25, 0.3) is 16.9 Å². The van der Waals surface area contributed by atoms with Gasteiger partial charge in [-0.05, 0) is 103 Å². The van der Waals surface area contributed by atoms with Crippen LogP contribution in [0.2, 0.25) is 5.02 Å². The Kier molecular flexibility index (Phi) is 8.52. The van der Waals surface area contributed by atoms with Crippen molar-refractivity contribution in [1.82, 2.24) is 4.98 Å². The molecular weight excluding hydrogens is 451 g/mol. The topological polar surface area (TPSA) is 36.0 Å². The van der Waals surface area contributed by atoms with Crippen LogP contribution in [0, 0.1) is 18.6 Å². The Morgan fingerprint density at radius 3 is 2.58 bits per heavy atom. The van der Waals surface area contributed by atoms with Crippen LogP contribution in [0.5, 0.6) is 0 Å². The second-order valence-electron chi connectivity index (χ2n) is 8.15. The molecule has 4 rings (SSSR count). The smallest absolute Gasteiger partial charge is 0.872 e. The van der Waals surface area contributed by atoms with Crippen LogP contribution in [0.15, 0.2) is 55.2 Å². The van der Waals surface area contributed by atoms with E-state index in [0.717, 1.165) is 47.2 Å². The molecule has 1 aliphatic carbocycles. The van der Waals surface area contributed by atoms with E-state index in [0.29, 0.717) is 29.0 Å². The van der Waals surface area contributed by atoms with Crippen LogP contribution in [0.3, 0.4) is 0 Å². The van der Waals surface area contributed by atoms with E-state index >= 15 is 0 Å². The summed E-state index contributed by atoms with van der Waals surface area (Å²) in [7, 11) is 0. The van der Waals surface area contributed by atoms with Crippen molar-refractivity contribution in [2.24, 2.45) is 0 Å². The van der Waals surface area contributed by atoms with Crippen LogP contribution in [-0.4, -0.2) is 4.98 Å². The molecule has 0 radical (unpaired) electrons. The fourth-order valence-electron chi connectivity index (χ4n) is 4.44. The van der Waals surface area contributed by atoms with E-state index in [2.05, 4.69) is 11.6 Å². The number of aryl methyl sites for hydroxylation is 2. The predicted octanol–water partition coefficient (Wildman–Crippen LogP) is 3.54. The van der Waals surface area contributed by atoms with Gasteiger partial charge < -0.3 is 5.11 Å². The van der Waals surface area contributed by atoms with Gasteiger partial charge in [-0.1, -0.05) is 23.7 Å². The molecule has 0 aliphatic heterocycles. The molecule has 0 spiro atoms. The molecule has 2 nitrogen and oxygen atoms in total. The molecule has 1 aliphatic rings. The van der Waals surface area contributed by atoms with Crippen molar-refractivity contribution in [2.75, 3.05) is 0 Å². The van der Waals surface area contributed by atoms with Crippen molar-refractivity contribution in [3.05, 3.63) is 105 Å². The summed E-state index contributed by atoms with van der Waals surface area (Å²) in [6.45, 7) is 5.31. The quantitative estimate of drug-likeness (QED) is 0.405. The monoisotopic (exact) mass is 473 g/mol. The van der Waals surface area contributed by atoms with Crippen molar-refractivity contribution in [1.29, 1.82) is 0 Å². The summed E-state index contributed by atoms with van der Waals surface area (Å²) in [6.07, 6.45) is 5.15. The Morgan fingerprint density at radius 1 is 1.09 bits per heavy atom. The Balaban J connectivity index is 0.00000306. The Hall–Kier alpha value is -1.98. The zero-order chi connectivity index (χ0) is 22.8. The molecule has 164 valence electrons. The summed E-state index contributed by atoms with van der Waals surface area (Å²) in [5.74, 6) is -1.10. The number of rotatable bonds is 6. The fraction of sp³-hybridized carbons (Fsp3) is 0.222. The maximum atomic E-state index is 14.3. The summed E-state index contributed by atoms with van der Waals surface area (Å²) < 4.78 is 28.6. The second kappa shape index (κ2) is 11.0. The van der Waals surface area contributed by atoms with Crippen molar-refractivity contribution < 1.29 is 43.4 Å². The number of allylic oxidation sites excluding steroid dienone is 2. The summed E-state index contributed by atoms with van der Waals surface area (Å²) in [5, 5.41) is 12.2. The third kappa shape index (κ3) is 5.75. The number of benzene rings is 2. The maximum absolute atomic E-state index is 14.3. The van der Waals surface area contributed by atoms with Gasteiger partial charge in [0, 0.05) is 17.5 Å². The van der Waals surface area contributed by atoms with E-state index in [4.69, 9.17) is 11.6 Å². The largest absolute Gasteiger partial charge is 1.00 e. The molecular formula is C27H23ClF2NNaO. The first-order valence-electron chi connectivity index (χ1n) is 10.6. The minimum Gasteiger partial charge on any atom is -0.872 e. The number of aromatic nitrogens is 1. The average molecular weight is 474 g/mol. The molecule has 0 saturated carbocycles. The first-order chi connectivity index (χ1) is 15.3. The second-order valence-corrected chi connectivity index (χ2v) is 8.58. The Morgan fingerprint density at radius 2 is 1.85 bits per heavy atom. The minimum atomic E-state index is -0.465. The zero-order valence-corrected chi connectivity index (χ0v) is 21.6. The average Bonchev–Trinajstić information content (AvgIpc) is 3.23. The summed E-state index contributed by atoms with van der Waals surface area (Å²) in [4.78, 5) is 4.56. The molecule has 0 unspecified atom stereocenters. The number of hydrogen-bond acceptors (Lipinski definition) is 2. The zero-order valence-electron chi connectivity index (χ0n) is 18.9. The molecule has 2 aromatic carbocycles. The fourth-order valence-corrected chi connectivity index (χ4v) is 4.60. The van der Waals surface area contributed by atoms with Crippen molar-refractivity contribution in [3.8, 4) is 0 Å². The number of pyridine rings is 1. The van der Waals surface area contributed by atoms with Gasteiger partial charge in [-0.2, -0.15) is 0 Å². The normalized spacial score (nSPS) is 13.2. The van der Waals surface area contributed by atoms with Crippen molar-refractivity contribution in [2.45, 2.75) is 39.0 Å². The third-order valence-corrected chi connectivity index (χ3v) is 6.22. The van der Waals surface area contributed by atoms with E-state index in [1.54, 1.807) is 18.3 Å². The van der Waals surface area contributed by atoms with Crippen LogP contribution in [-0.2, 0) is 12.8 Å². The SMILES string of the molecule is C=C([O-])c1cc(F)cc(C2=C(c3cc(Cl)cnc3CCc3c(C)cccc3F)CCC2)c1.[Na+]. The molecule has 0 fully saturated rings. The molecule has 33 heavy (non-hydrogen) atoms. The maximum Gasteiger partial charge on any atom is 1.00 e. The molecule has 0 atom stereocenters. The molecule has 0 bridgehead atoms. The number of nitrogens with zero attached hydrogens (tertiary/aromatic N) is 1. The third-order valence-electron chi connectivity index (χ3n) is 6.01. The van der Waals surface area contributed by atoms with Crippen molar-refractivity contribution >= 4 is 28.5 Å². The van der Waals surface area contributed by atoms with E-state index in [1.165, 1.54) is 18.2 Å².